The number of rotatable bonds is 30. The predicted octanol–water partition coefficient (Wildman–Crippen LogP) is 21.2. The highest BCUT2D eigenvalue weighted by molar-refractivity contribution is 5.42. The Hall–Kier alpha value is -4.09. The molecule has 89 heavy (non-hydrogen) atoms. The van der Waals surface area contributed by atoms with Crippen molar-refractivity contribution >= 4 is 0 Å². The lowest BCUT2D eigenvalue weighted by Crippen LogP contribution is -2.74. The first-order valence-electron chi connectivity index (χ1n) is 21.6. The van der Waals surface area contributed by atoms with Crippen LogP contribution in [0.5, 0.6) is 0 Å². The van der Waals surface area contributed by atoms with Gasteiger partial charge in [-0.3, -0.25) is 0 Å². The van der Waals surface area contributed by atoms with Gasteiger partial charge in [0.15, 0.2) is 0 Å². The van der Waals surface area contributed by atoms with Crippen LogP contribution in [0.4, 0.5) is 224 Å². The van der Waals surface area contributed by atoms with E-state index in [0.29, 0.717) is 0 Å². The summed E-state index contributed by atoms with van der Waals surface area (Å²) in [4.78, 5) is 0. The van der Waals surface area contributed by atoms with Gasteiger partial charge in [0.1, 0.15) is 0 Å². The molecule has 0 heterocycles. The van der Waals surface area contributed by atoms with Gasteiger partial charge < -0.3 is 0 Å². The van der Waals surface area contributed by atoms with Crippen molar-refractivity contribution in [3.05, 3.63) is 22.8 Å². The maximum Gasteiger partial charge on any atom is 0.460 e. The van der Waals surface area contributed by atoms with Crippen LogP contribution in [0.25, 0.3) is 0 Å². The highest BCUT2D eigenvalue weighted by Gasteiger charge is 2.98. The van der Waals surface area contributed by atoms with Crippen LogP contribution < -0.4 is 0 Å². The van der Waals surface area contributed by atoms with Crippen LogP contribution in [0, 0.1) is 0 Å². The van der Waals surface area contributed by atoms with Crippen molar-refractivity contribution in [2.45, 2.75) is 207 Å². The normalized spacial score (nSPS) is 17.5. The van der Waals surface area contributed by atoms with Gasteiger partial charge in [-0.25, -0.2) is 0 Å². The highest BCUT2D eigenvalue weighted by Crippen LogP contribution is 2.69. The molecule has 0 aromatic rings. The van der Waals surface area contributed by atoms with Crippen molar-refractivity contribution < 1.29 is 224 Å². The smallest absolute Gasteiger partial charge is 0.200 e. The van der Waals surface area contributed by atoms with Crippen molar-refractivity contribution in [2.24, 2.45) is 0 Å². The van der Waals surface area contributed by atoms with Gasteiger partial charge in [-0.05, 0) is 56.1 Å². The molecule has 1 aliphatic rings. The van der Waals surface area contributed by atoms with Gasteiger partial charge in [0.05, 0.1) is 0 Å². The van der Waals surface area contributed by atoms with Gasteiger partial charge in [-0.2, -0.15) is 224 Å². The summed E-state index contributed by atoms with van der Waals surface area (Å²) in [6.45, 7) is 0. The summed E-state index contributed by atoms with van der Waals surface area (Å²) in [5, 5.41) is 0. The number of alkyl halides is 51. The third-order valence-corrected chi connectivity index (χ3v) is 12.6. The molecule has 0 atom stereocenters. The lowest BCUT2D eigenvalue weighted by molar-refractivity contribution is -0.461. The third kappa shape index (κ3) is 11.7. The van der Waals surface area contributed by atoms with Gasteiger partial charge in [-0.15, -0.1) is 0 Å². The highest BCUT2D eigenvalue weighted by atomic mass is 19.5. The SMILES string of the molecule is FC(F)(F)C(F)(F)C(F)(F)C(F)(F)C(F)(F)C(F)(F)C(F)(F)C(F)(F)CCCC1=CCC(CCCC(F)(F)C(F)(F)C(F)(F)C(F)(F)C(F)(F)C(F)(F)C(F)(F)C(F)(F)F)=C1CCCC(F)(F)C(F)(F)C(F)(F)C(F)(F)C(F)(F)C(F)(F)C(F)(F)C(F)(F)F. The molecule has 0 N–H and O–H groups in total. The van der Waals surface area contributed by atoms with Crippen LogP contribution in [0.15, 0.2) is 22.8 Å². The fraction of sp³-hybridized carbons (Fsp3) is 0.895. The number of hydrogen-bond donors (Lipinski definition) is 0. The molecule has 0 aromatic heterocycles. The number of allylic oxidation sites excluding steroid dienone is 4. The van der Waals surface area contributed by atoms with E-state index < -0.39 is 224 Å². The molecule has 0 amide bonds. The molecule has 0 nitrogen and oxygen atoms in total. The number of hydrogen-bond acceptors (Lipinski definition) is 0. The minimum absolute atomic E-state index is 0.0198. The Morgan fingerprint density at radius 1 is 0.202 bits per heavy atom. The molecule has 0 aliphatic heterocycles. The molecule has 0 fully saturated rings. The van der Waals surface area contributed by atoms with E-state index in [9.17, 15) is 224 Å². The van der Waals surface area contributed by atoms with E-state index >= 15 is 0 Å². The van der Waals surface area contributed by atoms with E-state index in [-0.39, 0.29) is 6.08 Å². The van der Waals surface area contributed by atoms with E-state index in [2.05, 4.69) is 0 Å². The lowest BCUT2D eigenvalue weighted by atomic mass is 9.86. The zero-order valence-corrected chi connectivity index (χ0v) is 40.4. The maximum atomic E-state index is 14.7. The Bertz CT molecular complexity index is 2530. The van der Waals surface area contributed by atoms with E-state index in [1.165, 1.54) is 0 Å². The first kappa shape index (κ1) is 82.9. The minimum Gasteiger partial charge on any atom is -0.200 e. The molecular weight excluding hydrogens is 1430 g/mol. The summed E-state index contributed by atoms with van der Waals surface area (Å²) in [5.41, 5.74) is -4.66. The van der Waals surface area contributed by atoms with E-state index in [4.69, 9.17) is 0 Å². The molecule has 0 radical (unpaired) electrons. The van der Waals surface area contributed by atoms with Crippen molar-refractivity contribution in [2.75, 3.05) is 0 Å². The largest absolute Gasteiger partial charge is 0.460 e. The van der Waals surface area contributed by atoms with Crippen molar-refractivity contribution in [1.82, 2.24) is 0 Å². The van der Waals surface area contributed by atoms with Gasteiger partial charge >= 0.3 is 143 Å². The fourth-order valence-electron chi connectivity index (χ4n) is 7.14. The second-order valence-corrected chi connectivity index (χ2v) is 18.5. The van der Waals surface area contributed by atoms with Gasteiger partial charge in [0.2, 0.25) is 0 Å². The lowest BCUT2D eigenvalue weighted by Gasteiger charge is -2.42. The molecule has 0 saturated carbocycles. The zero-order chi connectivity index (χ0) is 72.5. The van der Waals surface area contributed by atoms with E-state index in [1.807, 2.05) is 0 Å². The summed E-state index contributed by atoms with van der Waals surface area (Å²) in [7, 11) is 0. The molecule has 1 rings (SSSR count). The molecule has 0 aromatic carbocycles. The fourth-order valence-corrected chi connectivity index (χ4v) is 7.14. The molecule has 0 saturated heterocycles. The van der Waals surface area contributed by atoms with Crippen LogP contribution in [0.3, 0.4) is 0 Å². The first-order valence-corrected chi connectivity index (χ1v) is 21.6. The van der Waals surface area contributed by atoms with Crippen LogP contribution in [0.2, 0.25) is 0 Å². The Kier molecular flexibility index (Phi) is 21.0. The van der Waals surface area contributed by atoms with Crippen LogP contribution in [-0.4, -0.2) is 143 Å². The van der Waals surface area contributed by atoms with Gasteiger partial charge in [0.25, 0.3) is 0 Å². The van der Waals surface area contributed by atoms with Crippen molar-refractivity contribution in [3.63, 3.8) is 0 Å². The summed E-state index contributed by atoms with van der Waals surface area (Å²) in [6.07, 6.45) is -51.1. The van der Waals surface area contributed by atoms with Gasteiger partial charge in [-0.1, -0.05) is 11.6 Å². The Morgan fingerprint density at radius 3 is 0.573 bits per heavy atom. The standard InChI is InChI=1S/C38H21F51/c39-15(40,18(45,46)21(51,52)24(57,58)27(63,64)30(69,70)33(75,76)36(81,82)83)9-1-4-12-7-8-13(5-2-10-16(41,42)19(47,48)22(53,54)25(59,60)28(65,66)31(71,72)34(77,78)37(84,85)86)14(12)6-3-11-17(43,44)20(49,50)23(55,56)26(61,62)29(67,68)32(73,74)35(79,80)38(87,88)89/h7H,1-6,8-11H2. The summed E-state index contributed by atoms with van der Waals surface area (Å²) < 4.78 is 700. The van der Waals surface area contributed by atoms with E-state index in [0.717, 1.165) is 0 Å². The summed E-state index contributed by atoms with van der Waals surface area (Å²) >= 11 is 0. The third-order valence-electron chi connectivity index (χ3n) is 12.6. The summed E-state index contributed by atoms with van der Waals surface area (Å²) in [5.74, 6) is -184. The van der Waals surface area contributed by atoms with E-state index in [1.54, 1.807) is 0 Å². The molecule has 0 bridgehead atoms. The molecule has 0 spiro atoms. The monoisotopic (exact) mass is 1450 g/mol. The second-order valence-electron chi connectivity index (χ2n) is 18.5. The quantitative estimate of drug-likeness (QED) is 0.0629. The first-order chi connectivity index (χ1) is 38.0. The van der Waals surface area contributed by atoms with Gasteiger partial charge in [0, 0.05) is 19.3 Å². The van der Waals surface area contributed by atoms with Crippen molar-refractivity contribution in [1.29, 1.82) is 0 Å². The predicted molar refractivity (Wildman–Crippen MR) is 183 cm³/mol. The van der Waals surface area contributed by atoms with Crippen LogP contribution >= 0.6 is 0 Å². The summed E-state index contributed by atoms with van der Waals surface area (Å²) in [6, 6.07) is 0. The molecule has 1 aliphatic carbocycles. The molecular formula is C38H21F51. The minimum atomic E-state index is -9.29. The topological polar surface area (TPSA) is 0 Å². The molecule has 0 unspecified atom stereocenters. The Labute approximate surface area is 454 Å². The Morgan fingerprint density at radius 2 is 0.371 bits per heavy atom. The molecule has 51 heteroatoms. The van der Waals surface area contributed by atoms with Crippen molar-refractivity contribution in [3.8, 4) is 0 Å². The average molecular weight is 1450 g/mol. The van der Waals surface area contributed by atoms with Crippen LogP contribution in [-0.2, 0) is 0 Å². The Balaban J connectivity index is 4.01. The average Bonchev–Trinajstić information content (AvgIpc) is 0.984. The number of halogens is 51. The second kappa shape index (κ2) is 22.6. The maximum absolute atomic E-state index is 14.7. The molecule has 530 valence electrons. The van der Waals surface area contributed by atoms with Crippen LogP contribution in [0.1, 0.15) is 64.2 Å². The zero-order valence-electron chi connectivity index (χ0n) is 40.4.